The summed E-state index contributed by atoms with van der Waals surface area (Å²) in [6.07, 6.45) is -3.95. The van der Waals surface area contributed by atoms with Gasteiger partial charge in [0.05, 0.1) is 6.61 Å². The first-order valence-corrected chi connectivity index (χ1v) is 4.91. The van der Waals surface area contributed by atoms with Gasteiger partial charge in [-0.1, -0.05) is 0 Å². The van der Waals surface area contributed by atoms with Crippen molar-refractivity contribution < 1.29 is 17.9 Å². The van der Waals surface area contributed by atoms with E-state index in [1.165, 1.54) is 0 Å². The Labute approximate surface area is 80.8 Å². The third kappa shape index (κ3) is 1.88. The van der Waals surface area contributed by atoms with E-state index in [-0.39, 0.29) is 18.4 Å². The minimum atomic E-state index is -4.19. The number of piperidine rings is 1. The molecule has 0 bridgehead atoms. The molecule has 2 nitrogen and oxygen atoms in total. The zero-order chi connectivity index (χ0) is 10.2. The minimum Gasteiger partial charge on any atom is -0.368 e. The molecule has 0 saturated carbocycles. The zero-order valence-electron chi connectivity index (χ0n) is 7.86. The van der Waals surface area contributed by atoms with Gasteiger partial charge < -0.3 is 10.1 Å². The highest BCUT2D eigenvalue weighted by atomic mass is 19.4. The molecule has 2 saturated heterocycles. The second-order valence-corrected chi connectivity index (χ2v) is 4.30. The van der Waals surface area contributed by atoms with Gasteiger partial charge in [0.15, 0.2) is 6.10 Å². The highest BCUT2D eigenvalue weighted by Gasteiger charge is 2.51. The number of hydrogen-bond acceptors (Lipinski definition) is 2. The molecule has 82 valence electrons. The van der Waals surface area contributed by atoms with E-state index in [0.717, 1.165) is 25.9 Å². The predicted molar refractivity (Wildman–Crippen MR) is 44.9 cm³/mol. The van der Waals surface area contributed by atoms with Crippen LogP contribution >= 0.6 is 0 Å². The maximum atomic E-state index is 12.4. The van der Waals surface area contributed by atoms with Crippen molar-refractivity contribution in [1.82, 2.24) is 5.32 Å². The first-order valence-electron chi connectivity index (χ1n) is 4.91. The molecule has 1 N–H and O–H groups in total. The van der Waals surface area contributed by atoms with Gasteiger partial charge in [0.1, 0.15) is 0 Å². The van der Waals surface area contributed by atoms with Crippen LogP contribution < -0.4 is 5.32 Å². The molecule has 0 radical (unpaired) electrons. The van der Waals surface area contributed by atoms with E-state index in [4.69, 9.17) is 4.74 Å². The third-order valence-corrected chi connectivity index (χ3v) is 3.24. The molecule has 1 spiro atoms. The van der Waals surface area contributed by atoms with Crippen molar-refractivity contribution in [3.63, 3.8) is 0 Å². The van der Waals surface area contributed by atoms with E-state index in [0.29, 0.717) is 0 Å². The van der Waals surface area contributed by atoms with Crippen molar-refractivity contribution >= 4 is 0 Å². The summed E-state index contributed by atoms with van der Waals surface area (Å²) in [5, 5.41) is 3.15. The molecule has 0 amide bonds. The van der Waals surface area contributed by atoms with Crippen molar-refractivity contribution in [2.24, 2.45) is 5.41 Å². The van der Waals surface area contributed by atoms with Crippen LogP contribution in [0.25, 0.3) is 0 Å². The lowest BCUT2D eigenvalue weighted by molar-refractivity contribution is -0.206. The number of halogens is 3. The van der Waals surface area contributed by atoms with Gasteiger partial charge in [-0.25, -0.2) is 0 Å². The van der Waals surface area contributed by atoms with Crippen molar-refractivity contribution in [1.29, 1.82) is 0 Å². The maximum absolute atomic E-state index is 12.4. The molecule has 0 unspecified atom stereocenters. The summed E-state index contributed by atoms with van der Waals surface area (Å²) in [6, 6.07) is 0. The van der Waals surface area contributed by atoms with Crippen LogP contribution in [0.2, 0.25) is 0 Å². The molecule has 1 atom stereocenters. The number of ether oxygens (including phenoxy) is 1. The number of alkyl halides is 3. The van der Waals surface area contributed by atoms with Crippen LogP contribution in [0.1, 0.15) is 19.3 Å². The zero-order valence-corrected chi connectivity index (χ0v) is 7.86. The fraction of sp³-hybridized carbons (Fsp3) is 1.00. The van der Waals surface area contributed by atoms with E-state index in [9.17, 15) is 13.2 Å². The molecule has 2 aliphatic heterocycles. The Morgan fingerprint density at radius 2 is 1.86 bits per heavy atom. The fourth-order valence-corrected chi connectivity index (χ4v) is 2.30. The fourth-order valence-electron chi connectivity index (χ4n) is 2.30. The van der Waals surface area contributed by atoms with Crippen molar-refractivity contribution in [2.75, 3.05) is 19.7 Å². The highest BCUT2D eigenvalue weighted by molar-refractivity contribution is 4.93. The van der Waals surface area contributed by atoms with Crippen LogP contribution in [0.4, 0.5) is 13.2 Å². The van der Waals surface area contributed by atoms with Gasteiger partial charge in [0.2, 0.25) is 0 Å². The lowest BCUT2D eigenvalue weighted by Gasteiger charge is -2.32. The second kappa shape index (κ2) is 3.38. The molecule has 2 heterocycles. The first-order chi connectivity index (χ1) is 6.52. The highest BCUT2D eigenvalue weighted by Crippen LogP contribution is 2.44. The molecule has 0 aromatic carbocycles. The van der Waals surface area contributed by atoms with Crippen LogP contribution in [0, 0.1) is 5.41 Å². The van der Waals surface area contributed by atoms with Crippen molar-refractivity contribution in [3.8, 4) is 0 Å². The van der Waals surface area contributed by atoms with E-state index < -0.39 is 12.3 Å². The Hall–Kier alpha value is -0.290. The Kier molecular flexibility index (Phi) is 2.47. The Balaban J connectivity index is 1.99. The summed E-state index contributed by atoms with van der Waals surface area (Å²) in [6.45, 7) is 1.90. The summed E-state index contributed by atoms with van der Waals surface area (Å²) >= 11 is 0. The van der Waals surface area contributed by atoms with E-state index in [2.05, 4.69) is 5.32 Å². The molecule has 14 heavy (non-hydrogen) atoms. The van der Waals surface area contributed by atoms with Crippen molar-refractivity contribution in [2.45, 2.75) is 31.5 Å². The summed E-state index contributed by atoms with van der Waals surface area (Å²) in [5.74, 6) is 0. The van der Waals surface area contributed by atoms with Crippen LogP contribution in [0.5, 0.6) is 0 Å². The molecular weight excluding hydrogens is 195 g/mol. The SMILES string of the molecule is FC(F)(F)[C@H]1CC2(CCNCC2)CO1. The first kappa shape index (κ1) is 10.2. The standard InChI is InChI=1S/C9H14F3NO/c10-9(11,12)7-5-8(6-14-7)1-3-13-4-2-8/h7,13H,1-6H2/t7-/m1/s1. The lowest BCUT2D eigenvalue weighted by Crippen LogP contribution is -2.38. The number of rotatable bonds is 0. The maximum Gasteiger partial charge on any atom is 0.414 e. The normalized spacial score (nSPS) is 32.4. The largest absolute Gasteiger partial charge is 0.414 e. The second-order valence-electron chi connectivity index (χ2n) is 4.30. The van der Waals surface area contributed by atoms with Gasteiger partial charge >= 0.3 is 6.18 Å². The van der Waals surface area contributed by atoms with Gasteiger partial charge in [-0.3, -0.25) is 0 Å². The van der Waals surface area contributed by atoms with Crippen LogP contribution in [0.15, 0.2) is 0 Å². The molecule has 5 heteroatoms. The quantitative estimate of drug-likeness (QED) is 0.655. The summed E-state index contributed by atoms with van der Waals surface area (Å²) < 4.78 is 41.9. The summed E-state index contributed by atoms with van der Waals surface area (Å²) in [5.41, 5.74) is -0.203. The van der Waals surface area contributed by atoms with Gasteiger partial charge in [-0.2, -0.15) is 13.2 Å². The Bertz CT molecular complexity index is 211. The molecule has 2 rings (SSSR count). The monoisotopic (exact) mass is 209 g/mol. The molecule has 0 aromatic heterocycles. The molecule has 2 fully saturated rings. The minimum absolute atomic E-state index is 0.151. The van der Waals surface area contributed by atoms with Crippen molar-refractivity contribution in [3.05, 3.63) is 0 Å². The van der Waals surface area contributed by atoms with E-state index in [1.54, 1.807) is 0 Å². The average Bonchev–Trinajstić information content (AvgIpc) is 2.50. The topological polar surface area (TPSA) is 21.3 Å². The third-order valence-electron chi connectivity index (χ3n) is 3.24. The van der Waals surface area contributed by atoms with Gasteiger partial charge in [0.25, 0.3) is 0 Å². The van der Waals surface area contributed by atoms with Crippen LogP contribution in [0.3, 0.4) is 0 Å². The number of nitrogens with one attached hydrogen (secondary N) is 1. The molecular formula is C9H14F3NO. The van der Waals surface area contributed by atoms with Crippen LogP contribution in [-0.2, 0) is 4.74 Å². The molecule has 0 aliphatic carbocycles. The van der Waals surface area contributed by atoms with Gasteiger partial charge in [-0.15, -0.1) is 0 Å². The predicted octanol–water partition coefficient (Wildman–Crippen LogP) is 1.71. The van der Waals surface area contributed by atoms with Gasteiger partial charge in [-0.05, 0) is 37.8 Å². The molecule has 0 aromatic rings. The smallest absolute Gasteiger partial charge is 0.368 e. The lowest BCUT2D eigenvalue weighted by atomic mass is 9.77. The van der Waals surface area contributed by atoms with E-state index in [1.807, 2.05) is 0 Å². The Morgan fingerprint density at radius 1 is 1.21 bits per heavy atom. The van der Waals surface area contributed by atoms with Crippen LogP contribution in [-0.4, -0.2) is 32.0 Å². The average molecular weight is 209 g/mol. The number of hydrogen-bond donors (Lipinski definition) is 1. The van der Waals surface area contributed by atoms with E-state index >= 15 is 0 Å². The summed E-state index contributed by atoms with van der Waals surface area (Å²) in [7, 11) is 0. The Morgan fingerprint density at radius 3 is 2.36 bits per heavy atom. The van der Waals surface area contributed by atoms with Gasteiger partial charge in [0, 0.05) is 0 Å². The summed E-state index contributed by atoms with van der Waals surface area (Å²) in [4.78, 5) is 0. The molecule has 2 aliphatic rings.